The Morgan fingerprint density at radius 1 is 1.27 bits per heavy atom. The summed E-state index contributed by atoms with van der Waals surface area (Å²) in [5.74, 6) is 1.69. The number of anilines is 1. The second-order valence-electron chi connectivity index (χ2n) is 5.97. The molecule has 0 unspecified atom stereocenters. The number of aromatic nitrogens is 2. The number of nitrogens with one attached hydrogen (secondary N) is 1. The first-order valence-corrected chi connectivity index (χ1v) is 10.2. The molecule has 1 aromatic rings. The van der Waals surface area contributed by atoms with Crippen LogP contribution in [0.4, 0.5) is 5.13 Å². The fraction of sp³-hybridized carbons (Fsp3) is 0.765. The van der Waals surface area contributed by atoms with Gasteiger partial charge in [0.15, 0.2) is 5.96 Å². The Hall–Kier alpha value is -1.90. The number of guanidine groups is 1. The lowest BCUT2D eigenvalue weighted by Gasteiger charge is -2.36. The minimum Gasteiger partial charge on any atom is -0.466 e. The summed E-state index contributed by atoms with van der Waals surface area (Å²) in [4.78, 5) is 25.2. The van der Waals surface area contributed by atoms with Crippen molar-refractivity contribution in [2.45, 2.75) is 40.0 Å². The van der Waals surface area contributed by atoms with Crippen molar-refractivity contribution in [2.24, 2.45) is 4.99 Å². The predicted octanol–water partition coefficient (Wildman–Crippen LogP) is 1.53. The topological polar surface area (TPSA) is 83.0 Å². The molecule has 0 radical (unpaired) electrons. The van der Waals surface area contributed by atoms with Crippen LogP contribution in [-0.2, 0) is 16.0 Å². The molecule has 0 amide bonds. The second-order valence-corrected chi connectivity index (χ2v) is 6.70. The molecule has 1 N–H and O–H groups in total. The van der Waals surface area contributed by atoms with Crippen LogP contribution in [0.25, 0.3) is 0 Å². The SMILES string of the molecule is CCNC(=NCCCC(=O)OCC)N1CCN(c2nc(CC)ns2)CC1. The zero-order valence-corrected chi connectivity index (χ0v) is 16.8. The average molecular weight is 383 g/mol. The maximum atomic E-state index is 11.4. The van der Waals surface area contributed by atoms with Gasteiger partial charge >= 0.3 is 5.97 Å². The zero-order chi connectivity index (χ0) is 18.8. The first kappa shape index (κ1) is 20.4. The van der Waals surface area contributed by atoms with Gasteiger partial charge < -0.3 is 19.9 Å². The van der Waals surface area contributed by atoms with Crippen LogP contribution in [-0.4, -0.2) is 72.1 Å². The van der Waals surface area contributed by atoms with Gasteiger partial charge in [0.25, 0.3) is 0 Å². The highest BCUT2D eigenvalue weighted by molar-refractivity contribution is 7.09. The number of piperazine rings is 1. The number of hydrogen-bond donors (Lipinski definition) is 1. The first-order chi connectivity index (χ1) is 12.7. The summed E-state index contributed by atoms with van der Waals surface area (Å²) in [5, 5.41) is 4.36. The number of aryl methyl sites for hydroxylation is 1. The van der Waals surface area contributed by atoms with E-state index in [2.05, 4.69) is 43.3 Å². The van der Waals surface area contributed by atoms with Crippen LogP contribution in [0.1, 0.15) is 39.4 Å². The molecule has 1 aliphatic heterocycles. The second kappa shape index (κ2) is 10.9. The Kier molecular flexibility index (Phi) is 8.60. The van der Waals surface area contributed by atoms with E-state index >= 15 is 0 Å². The third-order valence-electron chi connectivity index (χ3n) is 4.06. The molecule has 1 saturated heterocycles. The Balaban J connectivity index is 1.82. The van der Waals surface area contributed by atoms with Gasteiger partial charge in [-0.1, -0.05) is 6.92 Å². The standard InChI is InChI=1S/C17H30N6O2S/c1-4-14-20-17(26-21-14)23-12-10-22(11-13-23)16(18-5-2)19-9-7-8-15(24)25-6-3/h4-13H2,1-3H3,(H,18,19). The van der Waals surface area contributed by atoms with Crippen molar-refractivity contribution in [3.63, 3.8) is 0 Å². The van der Waals surface area contributed by atoms with Crippen molar-refractivity contribution in [3.8, 4) is 0 Å². The fourth-order valence-corrected chi connectivity index (χ4v) is 3.49. The van der Waals surface area contributed by atoms with Crippen molar-refractivity contribution in [1.82, 2.24) is 19.6 Å². The number of aliphatic imine (C=N–C) groups is 1. The average Bonchev–Trinajstić information content (AvgIpc) is 3.14. The number of ether oxygens (including phenoxy) is 1. The number of carbonyl (C=O) groups excluding carboxylic acids is 1. The summed E-state index contributed by atoms with van der Waals surface area (Å²) in [6.45, 7) is 11.5. The molecule has 1 fully saturated rings. The highest BCUT2D eigenvalue weighted by Crippen LogP contribution is 2.19. The van der Waals surface area contributed by atoms with E-state index in [0.717, 1.165) is 56.1 Å². The number of hydrogen-bond acceptors (Lipinski definition) is 7. The van der Waals surface area contributed by atoms with E-state index in [1.165, 1.54) is 11.5 Å². The van der Waals surface area contributed by atoms with Crippen LogP contribution in [0.15, 0.2) is 4.99 Å². The number of nitrogens with zero attached hydrogens (tertiary/aromatic N) is 5. The fourth-order valence-electron chi connectivity index (χ4n) is 2.69. The van der Waals surface area contributed by atoms with Gasteiger partial charge in [-0.3, -0.25) is 9.79 Å². The predicted molar refractivity (Wildman–Crippen MR) is 105 cm³/mol. The Morgan fingerprint density at radius 3 is 2.65 bits per heavy atom. The molecular formula is C17H30N6O2S. The normalized spacial score (nSPS) is 15.3. The van der Waals surface area contributed by atoms with Crippen LogP contribution in [0, 0.1) is 0 Å². The maximum Gasteiger partial charge on any atom is 0.305 e. The molecule has 0 aliphatic carbocycles. The molecule has 2 heterocycles. The van der Waals surface area contributed by atoms with Gasteiger partial charge in [-0.15, -0.1) is 0 Å². The summed E-state index contributed by atoms with van der Waals surface area (Å²) < 4.78 is 9.32. The lowest BCUT2D eigenvalue weighted by Crippen LogP contribution is -2.52. The highest BCUT2D eigenvalue weighted by atomic mass is 32.1. The first-order valence-electron chi connectivity index (χ1n) is 9.44. The van der Waals surface area contributed by atoms with Gasteiger partial charge in [0.05, 0.1) is 6.61 Å². The smallest absolute Gasteiger partial charge is 0.305 e. The van der Waals surface area contributed by atoms with Gasteiger partial charge in [-0.2, -0.15) is 4.37 Å². The van der Waals surface area contributed by atoms with Gasteiger partial charge in [-0.25, -0.2) is 4.98 Å². The third-order valence-corrected chi connectivity index (χ3v) is 4.88. The van der Waals surface area contributed by atoms with E-state index in [9.17, 15) is 4.79 Å². The molecule has 0 bridgehead atoms. The lowest BCUT2D eigenvalue weighted by molar-refractivity contribution is -0.143. The molecular weight excluding hydrogens is 352 g/mol. The summed E-state index contributed by atoms with van der Waals surface area (Å²) in [7, 11) is 0. The molecule has 0 spiro atoms. The Bertz CT molecular complexity index is 584. The summed E-state index contributed by atoms with van der Waals surface area (Å²) in [6, 6.07) is 0. The monoisotopic (exact) mass is 382 g/mol. The molecule has 8 nitrogen and oxygen atoms in total. The highest BCUT2D eigenvalue weighted by Gasteiger charge is 2.21. The minimum atomic E-state index is -0.148. The van der Waals surface area contributed by atoms with Crippen LogP contribution in [0.2, 0.25) is 0 Å². The minimum absolute atomic E-state index is 0.148. The van der Waals surface area contributed by atoms with Gasteiger partial charge in [0, 0.05) is 63.6 Å². The lowest BCUT2D eigenvalue weighted by atomic mass is 10.3. The van der Waals surface area contributed by atoms with E-state index in [4.69, 9.17) is 4.74 Å². The van der Waals surface area contributed by atoms with Crippen molar-refractivity contribution >= 4 is 28.6 Å². The molecule has 0 aromatic carbocycles. The van der Waals surface area contributed by atoms with E-state index in [0.29, 0.717) is 26.0 Å². The molecule has 26 heavy (non-hydrogen) atoms. The molecule has 146 valence electrons. The number of esters is 1. The van der Waals surface area contributed by atoms with Crippen LogP contribution in [0.5, 0.6) is 0 Å². The number of rotatable bonds is 8. The molecule has 1 aromatic heterocycles. The molecule has 2 rings (SSSR count). The zero-order valence-electron chi connectivity index (χ0n) is 16.0. The van der Waals surface area contributed by atoms with E-state index in [-0.39, 0.29) is 5.97 Å². The van der Waals surface area contributed by atoms with Crippen molar-refractivity contribution in [1.29, 1.82) is 0 Å². The Morgan fingerprint density at radius 2 is 2.04 bits per heavy atom. The van der Waals surface area contributed by atoms with Crippen molar-refractivity contribution in [2.75, 3.05) is 50.8 Å². The molecule has 0 saturated carbocycles. The van der Waals surface area contributed by atoms with E-state index < -0.39 is 0 Å². The van der Waals surface area contributed by atoms with Crippen molar-refractivity contribution < 1.29 is 9.53 Å². The van der Waals surface area contributed by atoms with Crippen LogP contribution >= 0.6 is 11.5 Å². The summed E-state index contributed by atoms with van der Waals surface area (Å²) in [5.41, 5.74) is 0. The van der Waals surface area contributed by atoms with Gasteiger partial charge in [-0.05, 0) is 20.3 Å². The molecule has 9 heteroatoms. The van der Waals surface area contributed by atoms with E-state index in [1.54, 1.807) is 0 Å². The van der Waals surface area contributed by atoms with E-state index in [1.807, 2.05) is 6.92 Å². The maximum absolute atomic E-state index is 11.4. The number of carbonyl (C=O) groups is 1. The quantitative estimate of drug-likeness (QED) is 0.316. The van der Waals surface area contributed by atoms with Gasteiger partial charge in [0.1, 0.15) is 5.82 Å². The molecule has 1 aliphatic rings. The Labute approximate surface area is 159 Å². The van der Waals surface area contributed by atoms with Crippen molar-refractivity contribution in [3.05, 3.63) is 5.82 Å². The summed E-state index contributed by atoms with van der Waals surface area (Å²) in [6.07, 6.45) is 2.00. The third kappa shape index (κ3) is 6.12. The van der Waals surface area contributed by atoms with Crippen LogP contribution in [0.3, 0.4) is 0 Å². The summed E-state index contributed by atoms with van der Waals surface area (Å²) >= 11 is 1.48. The van der Waals surface area contributed by atoms with Crippen LogP contribution < -0.4 is 10.2 Å². The van der Waals surface area contributed by atoms with Gasteiger partial charge in [0.2, 0.25) is 5.13 Å². The largest absolute Gasteiger partial charge is 0.466 e. The molecule has 0 atom stereocenters.